The summed E-state index contributed by atoms with van der Waals surface area (Å²) in [5, 5.41) is 2.93. The van der Waals surface area contributed by atoms with Gasteiger partial charge in [0.25, 0.3) is 0 Å². The Kier molecular flexibility index (Phi) is 5.89. The van der Waals surface area contributed by atoms with E-state index in [4.69, 9.17) is 4.74 Å². The van der Waals surface area contributed by atoms with Gasteiger partial charge in [0, 0.05) is 26.1 Å². The highest BCUT2D eigenvalue weighted by atomic mass is 16.5. The molecule has 26 heavy (non-hydrogen) atoms. The van der Waals surface area contributed by atoms with Crippen molar-refractivity contribution >= 4 is 11.8 Å². The number of rotatable bonds is 7. The minimum Gasteiger partial charge on any atom is -0.489 e. The van der Waals surface area contributed by atoms with Crippen LogP contribution in [-0.4, -0.2) is 29.8 Å². The maximum Gasteiger partial charge on any atom is 0.225 e. The Balaban J connectivity index is 1.51. The molecule has 1 fully saturated rings. The number of hydrogen-bond donors (Lipinski definition) is 1. The first-order valence-corrected chi connectivity index (χ1v) is 8.97. The zero-order chi connectivity index (χ0) is 18.4. The lowest BCUT2D eigenvalue weighted by atomic mass is 10.1. The van der Waals surface area contributed by atoms with Crippen molar-refractivity contribution in [1.82, 2.24) is 10.2 Å². The second-order valence-corrected chi connectivity index (χ2v) is 6.47. The Morgan fingerprint density at radius 1 is 1.15 bits per heavy atom. The Bertz CT molecular complexity index is 761. The number of likely N-dealkylation sites (tertiary alicyclic amines) is 1. The van der Waals surface area contributed by atoms with Gasteiger partial charge in [0.05, 0.1) is 5.92 Å². The molecule has 5 nitrogen and oxygen atoms in total. The lowest BCUT2D eigenvalue weighted by Gasteiger charge is -2.14. The van der Waals surface area contributed by atoms with Crippen LogP contribution in [0.4, 0.5) is 0 Å². The molecule has 0 aromatic heterocycles. The molecule has 0 radical (unpaired) electrons. The van der Waals surface area contributed by atoms with E-state index in [-0.39, 0.29) is 17.7 Å². The predicted octanol–water partition coefficient (Wildman–Crippen LogP) is 2.75. The number of amides is 2. The summed E-state index contributed by atoms with van der Waals surface area (Å²) in [4.78, 5) is 25.8. The third-order valence-electron chi connectivity index (χ3n) is 4.58. The van der Waals surface area contributed by atoms with Crippen molar-refractivity contribution in [2.45, 2.75) is 26.5 Å². The lowest BCUT2D eigenvalue weighted by molar-refractivity contribution is -0.128. The fraction of sp³-hybridized carbons (Fsp3) is 0.333. The van der Waals surface area contributed by atoms with Crippen LogP contribution in [0.25, 0.3) is 0 Å². The van der Waals surface area contributed by atoms with Crippen LogP contribution >= 0.6 is 0 Å². The molecule has 0 saturated carbocycles. The fourth-order valence-corrected chi connectivity index (χ4v) is 3.07. The molecule has 3 rings (SSSR count). The van der Waals surface area contributed by atoms with Gasteiger partial charge in [0.15, 0.2) is 0 Å². The van der Waals surface area contributed by atoms with E-state index in [0.29, 0.717) is 32.7 Å². The molecular formula is C21H24N2O3. The van der Waals surface area contributed by atoms with Crippen molar-refractivity contribution in [1.29, 1.82) is 0 Å². The van der Waals surface area contributed by atoms with Gasteiger partial charge in [0.2, 0.25) is 11.8 Å². The first-order chi connectivity index (χ1) is 12.7. The van der Waals surface area contributed by atoms with Crippen LogP contribution in [0.3, 0.4) is 0 Å². The van der Waals surface area contributed by atoms with E-state index in [1.54, 1.807) is 4.90 Å². The van der Waals surface area contributed by atoms with Crippen molar-refractivity contribution in [3.8, 4) is 5.75 Å². The Hall–Kier alpha value is -2.82. The van der Waals surface area contributed by atoms with E-state index >= 15 is 0 Å². The first kappa shape index (κ1) is 18.0. The number of ether oxygens (including phenoxy) is 1. The van der Waals surface area contributed by atoms with Gasteiger partial charge in [-0.1, -0.05) is 42.5 Å². The largest absolute Gasteiger partial charge is 0.489 e. The number of carbonyl (C=O) groups excluding carboxylic acids is 2. The number of hydrogen-bond acceptors (Lipinski definition) is 3. The number of carbonyl (C=O) groups is 2. The van der Waals surface area contributed by atoms with Crippen molar-refractivity contribution < 1.29 is 14.3 Å². The molecular weight excluding hydrogens is 328 g/mol. The average Bonchev–Trinajstić information content (AvgIpc) is 3.06. The highest BCUT2D eigenvalue weighted by Gasteiger charge is 2.33. The molecule has 136 valence electrons. The highest BCUT2D eigenvalue weighted by Crippen LogP contribution is 2.18. The van der Waals surface area contributed by atoms with Gasteiger partial charge in [-0.3, -0.25) is 9.59 Å². The van der Waals surface area contributed by atoms with Crippen LogP contribution in [0.2, 0.25) is 0 Å². The summed E-state index contributed by atoms with van der Waals surface area (Å²) in [5.74, 6) is 0.516. The van der Waals surface area contributed by atoms with Gasteiger partial charge in [0.1, 0.15) is 12.4 Å². The molecule has 1 atom stereocenters. The monoisotopic (exact) mass is 352 g/mol. The van der Waals surface area contributed by atoms with E-state index < -0.39 is 0 Å². The van der Waals surface area contributed by atoms with Crippen LogP contribution < -0.4 is 10.1 Å². The predicted molar refractivity (Wildman–Crippen MR) is 99.4 cm³/mol. The maximum absolute atomic E-state index is 12.3. The zero-order valence-electron chi connectivity index (χ0n) is 15.0. The zero-order valence-corrected chi connectivity index (χ0v) is 15.0. The van der Waals surface area contributed by atoms with Crippen molar-refractivity contribution in [3.63, 3.8) is 0 Å². The fourth-order valence-electron chi connectivity index (χ4n) is 3.07. The molecule has 0 spiro atoms. The number of nitrogens with one attached hydrogen (secondary N) is 1. The van der Waals surface area contributed by atoms with Crippen molar-refractivity contribution in [2.75, 3.05) is 13.1 Å². The second kappa shape index (κ2) is 8.52. The molecule has 5 heteroatoms. The molecule has 0 unspecified atom stereocenters. The molecule has 0 aliphatic carbocycles. The number of nitrogens with zero attached hydrogens (tertiary/aromatic N) is 1. The molecule has 1 aliphatic heterocycles. The summed E-state index contributed by atoms with van der Waals surface area (Å²) >= 11 is 0. The summed E-state index contributed by atoms with van der Waals surface area (Å²) in [6.07, 6.45) is 0.305. The van der Waals surface area contributed by atoms with Gasteiger partial charge < -0.3 is 15.0 Å². The second-order valence-electron chi connectivity index (χ2n) is 6.47. The molecule has 0 bridgehead atoms. The summed E-state index contributed by atoms with van der Waals surface area (Å²) in [6.45, 7) is 4.04. The maximum atomic E-state index is 12.3. The van der Waals surface area contributed by atoms with E-state index in [0.717, 1.165) is 16.9 Å². The topological polar surface area (TPSA) is 58.6 Å². The SMILES string of the molecule is CCN1C[C@H](C(=O)NCc2cccc(OCc3ccccc3)c2)CC1=O. The minimum atomic E-state index is -0.250. The Morgan fingerprint density at radius 3 is 2.65 bits per heavy atom. The van der Waals surface area contributed by atoms with Crippen LogP contribution in [-0.2, 0) is 22.7 Å². The number of benzene rings is 2. The third-order valence-corrected chi connectivity index (χ3v) is 4.58. The van der Waals surface area contributed by atoms with Gasteiger partial charge in [-0.25, -0.2) is 0 Å². The van der Waals surface area contributed by atoms with Gasteiger partial charge in [-0.15, -0.1) is 0 Å². The van der Waals surface area contributed by atoms with Crippen LogP contribution in [0, 0.1) is 5.92 Å². The third kappa shape index (κ3) is 4.63. The summed E-state index contributed by atoms with van der Waals surface area (Å²) in [5.41, 5.74) is 2.08. The summed E-state index contributed by atoms with van der Waals surface area (Å²) in [7, 11) is 0. The van der Waals surface area contributed by atoms with Crippen molar-refractivity contribution in [2.24, 2.45) is 5.92 Å². The molecule has 1 N–H and O–H groups in total. The smallest absolute Gasteiger partial charge is 0.225 e. The lowest BCUT2D eigenvalue weighted by Crippen LogP contribution is -2.32. The summed E-state index contributed by atoms with van der Waals surface area (Å²) in [6, 6.07) is 17.7. The molecule has 2 amide bonds. The quantitative estimate of drug-likeness (QED) is 0.834. The van der Waals surface area contributed by atoms with Crippen LogP contribution in [0.5, 0.6) is 5.75 Å². The summed E-state index contributed by atoms with van der Waals surface area (Å²) < 4.78 is 5.82. The normalized spacial score (nSPS) is 16.6. The van der Waals surface area contributed by atoms with E-state index in [1.807, 2.05) is 61.5 Å². The highest BCUT2D eigenvalue weighted by molar-refractivity contribution is 5.89. The minimum absolute atomic E-state index is 0.0592. The van der Waals surface area contributed by atoms with Gasteiger partial charge in [-0.05, 0) is 30.2 Å². The van der Waals surface area contributed by atoms with E-state index in [2.05, 4.69) is 5.32 Å². The Labute approximate surface area is 154 Å². The average molecular weight is 352 g/mol. The van der Waals surface area contributed by atoms with Gasteiger partial charge in [-0.2, -0.15) is 0 Å². The molecule has 2 aromatic rings. The Morgan fingerprint density at radius 2 is 1.92 bits per heavy atom. The van der Waals surface area contributed by atoms with Gasteiger partial charge >= 0.3 is 0 Å². The van der Waals surface area contributed by atoms with Crippen LogP contribution in [0.15, 0.2) is 54.6 Å². The van der Waals surface area contributed by atoms with Crippen LogP contribution in [0.1, 0.15) is 24.5 Å². The molecule has 1 heterocycles. The van der Waals surface area contributed by atoms with E-state index in [9.17, 15) is 9.59 Å². The molecule has 1 saturated heterocycles. The first-order valence-electron chi connectivity index (χ1n) is 8.97. The van der Waals surface area contributed by atoms with E-state index in [1.165, 1.54) is 0 Å². The molecule has 1 aliphatic rings. The molecule has 2 aromatic carbocycles. The standard InChI is InChI=1S/C21H24N2O3/c1-2-23-14-18(12-20(23)24)21(25)22-13-17-9-6-10-19(11-17)26-15-16-7-4-3-5-8-16/h3-11,18H,2,12-15H2,1H3,(H,22,25)/t18-/m1/s1. The van der Waals surface area contributed by atoms with Crippen molar-refractivity contribution in [3.05, 3.63) is 65.7 Å².